The smallest absolute Gasteiger partial charge is 0.340 e. The molecule has 14 heteroatoms. The van der Waals surface area contributed by atoms with Crippen molar-refractivity contribution in [3.63, 3.8) is 0 Å². The lowest BCUT2D eigenvalue weighted by molar-refractivity contribution is 0.0225. The van der Waals surface area contributed by atoms with E-state index in [-0.39, 0.29) is 36.0 Å². The molecule has 0 bridgehead atoms. The molecule has 0 saturated carbocycles. The van der Waals surface area contributed by atoms with E-state index in [0.717, 1.165) is 92.5 Å². The van der Waals surface area contributed by atoms with Gasteiger partial charge in [0.05, 0.1) is 46.5 Å². The largest absolute Gasteiger partial charge is 0.477 e. The summed E-state index contributed by atoms with van der Waals surface area (Å²) in [4.78, 5) is 52.5. The van der Waals surface area contributed by atoms with Crippen molar-refractivity contribution in [1.82, 2.24) is 29.9 Å². The Morgan fingerprint density at radius 2 is 0.955 bits per heavy atom. The molecule has 8 heterocycles. The van der Waals surface area contributed by atoms with Crippen LogP contribution < -0.4 is 20.9 Å². The van der Waals surface area contributed by atoms with E-state index in [9.17, 15) is 9.59 Å². The van der Waals surface area contributed by atoms with E-state index in [0.29, 0.717) is 48.9 Å². The number of hydrogen-bond acceptors (Lipinski definition) is 14. The number of nitrogens with two attached hydrogens (primary N) is 2. The molecule has 6 aromatic heterocycles. The van der Waals surface area contributed by atoms with Crippen molar-refractivity contribution in [3.8, 4) is 11.8 Å². The van der Waals surface area contributed by atoms with Crippen molar-refractivity contribution in [1.29, 1.82) is 0 Å². The minimum Gasteiger partial charge on any atom is -0.477 e. The van der Waals surface area contributed by atoms with Gasteiger partial charge in [0.25, 0.3) is 0 Å². The predicted octanol–water partition coefficient (Wildman–Crippen LogP) is 9.30. The first kappa shape index (κ1) is 47.8. The number of hydrogen-bond donors (Lipinski definition) is 2. The highest BCUT2D eigenvalue weighted by Crippen LogP contribution is 2.36. The number of pyridine rings is 6. The maximum Gasteiger partial charge on any atom is 0.340 e. The molecule has 8 rings (SSSR count). The van der Waals surface area contributed by atoms with E-state index in [1.165, 1.54) is 0 Å². The molecule has 2 aliphatic heterocycles. The number of nitrogens with zero attached hydrogens (tertiary/aromatic N) is 6. The molecular weight excluding hydrogens is 833 g/mol. The van der Waals surface area contributed by atoms with Crippen LogP contribution in [0.3, 0.4) is 0 Å². The Morgan fingerprint density at radius 1 is 0.561 bits per heavy atom. The third kappa shape index (κ3) is 9.85. The Kier molecular flexibility index (Phi) is 14.3. The second kappa shape index (κ2) is 19.8. The first-order chi connectivity index (χ1) is 31.5. The van der Waals surface area contributed by atoms with Gasteiger partial charge < -0.3 is 30.4 Å². The third-order valence-electron chi connectivity index (χ3n) is 13.2. The van der Waals surface area contributed by atoms with Crippen LogP contribution in [-0.4, -0.2) is 67.3 Å². The normalized spacial score (nSPS) is 19.6. The molecule has 6 aromatic rings. The van der Waals surface area contributed by atoms with Crippen molar-refractivity contribution in [3.05, 3.63) is 118 Å². The molecule has 0 unspecified atom stereocenters. The van der Waals surface area contributed by atoms with Gasteiger partial charge in [0, 0.05) is 83.3 Å². The van der Waals surface area contributed by atoms with Crippen LogP contribution in [0, 0.1) is 0 Å². The molecule has 4 N–H and O–H groups in total. The topological polar surface area (TPSA) is 200 Å². The predicted molar refractivity (Wildman–Crippen MR) is 255 cm³/mol. The van der Waals surface area contributed by atoms with Gasteiger partial charge in [-0.05, 0) is 112 Å². The SMILES string of the molecule is CCCOc1ncc([C@@](C)(N)CC)c2cc(Cc3ccc4c(n3)[C@@H](C)[C@H](C)OC4=O)ncc12.CCCOc1ncc([C@](C)(N)CC)c2cc(Cc3ccc4c(n3)[C@@H](C)[C@H](C)OC4=O)ncc12. The second-order valence-electron chi connectivity index (χ2n) is 18.3. The van der Waals surface area contributed by atoms with Crippen molar-refractivity contribution < 1.29 is 28.5 Å². The van der Waals surface area contributed by atoms with Crippen molar-refractivity contribution >= 4 is 33.5 Å². The third-order valence-corrected chi connectivity index (χ3v) is 13.2. The summed E-state index contributed by atoms with van der Waals surface area (Å²) in [5.41, 5.74) is 20.2. The number of carbonyl (C=O) groups excluding carboxylic acids is 2. The molecule has 0 fully saturated rings. The fraction of sp³-hybridized carbons (Fsp3) is 0.462. The molecular formula is C52H64N8O6. The van der Waals surface area contributed by atoms with Crippen LogP contribution in [0.1, 0.15) is 173 Å². The number of esters is 2. The molecule has 0 aliphatic carbocycles. The van der Waals surface area contributed by atoms with Gasteiger partial charge >= 0.3 is 11.9 Å². The van der Waals surface area contributed by atoms with Gasteiger partial charge in [-0.25, -0.2) is 19.6 Å². The maximum absolute atomic E-state index is 12.2. The van der Waals surface area contributed by atoms with E-state index in [2.05, 4.69) is 59.8 Å². The first-order valence-electron chi connectivity index (χ1n) is 23.3. The Balaban J connectivity index is 0.000000196. The summed E-state index contributed by atoms with van der Waals surface area (Å²) in [7, 11) is 0. The van der Waals surface area contributed by atoms with Crippen molar-refractivity contribution in [2.75, 3.05) is 13.2 Å². The van der Waals surface area contributed by atoms with Crippen LogP contribution in [-0.2, 0) is 33.4 Å². The molecule has 66 heavy (non-hydrogen) atoms. The summed E-state index contributed by atoms with van der Waals surface area (Å²) in [6.45, 7) is 21.3. The Labute approximate surface area is 387 Å². The van der Waals surface area contributed by atoms with E-state index in [4.69, 9.17) is 40.4 Å². The summed E-state index contributed by atoms with van der Waals surface area (Å²) in [6, 6.07) is 11.5. The molecule has 14 nitrogen and oxygen atoms in total. The summed E-state index contributed by atoms with van der Waals surface area (Å²) in [6.07, 6.45) is 11.3. The summed E-state index contributed by atoms with van der Waals surface area (Å²) in [5, 5.41) is 3.71. The molecule has 0 saturated heterocycles. The number of cyclic esters (lactones) is 2. The van der Waals surface area contributed by atoms with Gasteiger partial charge in [-0.1, -0.05) is 41.5 Å². The Morgan fingerprint density at radius 3 is 1.32 bits per heavy atom. The Hall–Kier alpha value is -6.12. The maximum atomic E-state index is 12.2. The van der Waals surface area contributed by atoms with Gasteiger partial charge in [0.15, 0.2) is 0 Å². The molecule has 6 atom stereocenters. The molecule has 0 amide bonds. The highest BCUT2D eigenvalue weighted by atomic mass is 16.5. The Bertz CT molecular complexity index is 2570. The lowest BCUT2D eigenvalue weighted by Crippen LogP contribution is -2.32. The van der Waals surface area contributed by atoms with Crippen LogP contribution in [0.4, 0.5) is 0 Å². The highest BCUT2D eigenvalue weighted by molar-refractivity contribution is 5.93. The molecule has 0 radical (unpaired) electrons. The van der Waals surface area contributed by atoms with Crippen LogP contribution in [0.25, 0.3) is 21.5 Å². The number of ether oxygens (including phenoxy) is 4. The number of rotatable bonds is 14. The van der Waals surface area contributed by atoms with Gasteiger partial charge in [-0.2, -0.15) is 0 Å². The van der Waals surface area contributed by atoms with E-state index < -0.39 is 11.1 Å². The average Bonchev–Trinajstić information content (AvgIpc) is 3.30. The van der Waals surface area contributed by atoms with Crippen molar-refractivity contribution in [2.45, 2.75) is 143 Å². The van der Waals surface area contributed by atoms with Crippen LogP contribution in [0.5, 0.6) is 11.8 Å². The molecule has 0 aromatic carbocycles. The number of carbonyl (C=O) groups is 2. The van der Waals surface area contributed by atoms with Crippen molar-refractivity contribution in [2.24, 2.45) is 11.5 Å². The summed E-state index contributed by atoms with van der Waals surface area (Å²) in [5.74, 6) is 0.625. The highest BCUT2D eigenvalue weighted by Gasteiger charge is 2.33. The zero-order chi connectivity index (χ0) is 47.5. The fourth-order valence-electron chi connectivity index (χ4n) is 8.18. The standard InChI is InChI=1S/2C26H32N4O3/c2*1-6-10-32-24-21-13-28-18(12-20(21)22(14-29-24)26(5,27)7-2)11-17-8-9-19-23(30-17)15(3)16(4)33-25(19)31/h2*8-9,12-16H,6-7,10-11,27H2,1-5H3/t15-,16-,26+;15-,16-,26-/m00/s1. The van der Waals surface area contributed by atoms with Gasteiger partial charge in [0.2, 0.25) is 11.8 Å². The van der Waals surface area contributed by atoms with E-state index in [1.54, 1.807) is 0 Å². The summed E-state index contributed by atoms with van der Waals surface area (Å²) < 4.78 is 22.6. The van der Waals surface area contributed by atoms with Gasteiger partial charge in [-0.3, -0.25) is 19.9 Å². The zero-order valence-electron chi connectivity index (χ0n) is 40.0. The van der Waals surface area contributed by atoms with E-state index in [1.807, 2.05) is 90.6 Å². The quantitative estimate of drug-likeness (QED) is 0.0980. The minimum atomic E-state index is -0.525. The van der Waals surface area contributed by atoms with Crippen LogP contribution in [0.2, 0.25) is 0 Å². The molecule has 348 valence electrons. The second-order valence-corrected chi connectivity index (χ2v) is 18.3. The molecule has 2 aliphatic rings. The molecule has 0 spiro atoms. The zero-order valence-corrected chi connectivity index (χ0v) is 40.0. The monoisotopic (exact) mass is 896 g/mol. The lowest BCUT2D eigenvalue weighted by atomic mass is 9.88. The fourth-order valence-corrected chi connectivity index (χ4v) is 8.18. The lowest BCUT2D eigenvalue weighted by Gasteiger charge is -2.27. The number of fused-ring (bicyclic) bond motifs is 4. The average molecular weight is 897 g/mol. The first-order valence-corrected chi connectivity index (χ1v) is 23.3. The summed E-state index contributed by atoms with van der Waals surface area (Å²) >= 11 is 0. The number of aromatic nitrogens is 6. The minimum absolute atomic E-state index is 0.0423. The van der Waals surface area contributed by atoms with Gasteiger partial charge in [0.1, 0.15) is 12.2 Å². The van der Waals surface area contributed by atoms with Crippen LogP contribution >= 0.6 is 0 Å². The van der Waals surface area contributed by atoms with Crippen LogP contribution in [0.15, 0.2) is 61.2 Å². The van der Waals surface area contributed by atoms with Gasteiger partial charge in [-0.15, -0.1) is 0 Å². The van der Waals surface area contributed by atoms with E-state index >= 15 is 0 Å².